The number of carbonyl (C=O) groups is 1. The molecule has 0 amide bonds. The number of aryl methyl sites for hydroxylation is 1. The van der Waals surface area contributed by atoms with Crippen molar-refractivity contribution in [3.8, 4) is 5.75 Å². The number of benzene rings is 3. The van der Waals surface area contributed by atoms with Crippen molar-refractivity contribution in [3.63, 3.8) is 0 Å². The van der Waals surface area contributed by atoms with Gasteiger partial charge in [-0.1, -0.05) is 24.3 Å². The molecule has 0 aliphatic carbocycles. The first-order valence-corrected chi connectivity index (χ1v) is 9.95. The van der Waals surface area contributed by atoms with Crippen molar-refractivity contribution in [1.82, 2.24) is 5.43 Å². The van der Waals surface area contributed by atoms with E-state index in [4.69, 9.17) is 17.0 Å². The highest BCUT2D eigenvalue weighted by molar-refractivity contribution is 9.10. The van der Waals surface area contributed by atoms with E-state index in [0.29, 0.717) is 20.9 Å². The number of nitrogens with zero attached hydrogens (tertiary/aromatic N) is 1. The topological polar surface area (TPSA) is 62.7 Å². The van der Waals surface area contributed by atoms with Crippen molar-refractivity contribution in [3.05, 3.63) is 94.0 Å². The van der Waals surface area contributed by atoms with Gasteiger partial charge in [-0.2, -0.15) is 5.10 Å². The Labute approximate surface area is 182 Å². The summed E-state index contributed by atoms with van der Waals surface area (Å²) in [5.74, 6) is 0.0284. The van der Waals surface area contributed by atoms with E-state index in [1.165, 1.54) is 0 Å². The normalized spacial score (nSPS) is 10.6. The van der Waals surface area contributed by atoms with Crippen molar-refractivity contribution < 1.29 is 9.53 Å². The number of esters is 1. The number of anilines is 1. The lowest BCUT2D eigenvalue weighted by molar-refractivity contribution is 0.0734. The third-order valence-electron chi connectivity index (χ3n) is 3.84. The molecule has 0 atom stereocenters. The van der Waals surface area contributed by atoms with Crippen LogP contribution in [0.1, 0.15) is 21.5 Å². The molecule has 0 aromatic heterocycles. The fourth-order valence-corrected chi connectivity index (χ4v) is 3.08. The minimum atomic E-state index is -0.423. The average Bonchev–Trinajstić information content (AvgIpc) is 2.69. The molecule has 0 unspecified atom stereocenters. The molecular weight excluding hydrogens is 450 g/mol. The van der Waals surface area contributed by atoms with Crippen LogP contribution in [0.25, 0.3) is 0 Å². The van der Waals surface area contributed by atoms with Crippen LogP contribution in [0.15, 0.2) is 82.4 Å². The SMILES string of the molecule is Cc1cccc(NC(=S)NN=Cc2ccc(OC(=O)c3ccccc3Br)cc2)c1. The van der Waals surface area contributed by atoms with Gasteiger partial charge in [-0.25, -0.2) is 4.79 Å². The highest BCUT2D eigenvalue weighted by atomic mass is 79.9. The van der Waals surface area contributed by atoms with Gasteiger partial charge in [0, 0.05) is 10.2 Å². The monoisotopic (exact) mass is 467 g/mol. The summed E-state index contributed by atoms with van der Waals surface area (Å²) in [6.45, 7) is 2.01. The number of hydrazone groups is 1. The van der Waals surface area contributed by atoms with Gasteiger partial charge in [0.2, 0.25) is 0 Å². The summed E-state index contributed by atoms with van der Waals surface area (Å²) >= 11 is 8.57. The van der Waals surface area contributed by atoms with Gasteiger partial charge in [-0.3, -0.25) is 5.43 Å². The summed E-state index contributed by atoms with van der Waals surface area (Å²) in [5.41, 5.74) is 6.11. The zero-order valence-corrected chi connectivity index (χ0v) is 18.0. The average molecular weight is 468 g/mol. The first-order chi connectivity index (χ1) is 14.0. The lowest BCUT2D eigenvalue weighted by atomic mass is 10.2. The van der Waals surface area contributed by atoms with E-state index in [9.17, 15) is 4.79 Å². The van der Waals surface area contributed by atoms with Crippen LogP contribution in [-0.2, 0) is 0 Å². The molecule has 0 bridgehead atoms. The molecule has 0 aliphatic rings. The number of thiocarbonyl (C=S) groups is 1. The summed E-state index contributed by atoms with van der Waals surface area (Å²) in [6.07, 6.45) is 1.63. The Morgan fingerprint density at radius 1 is 1.07 bits per heavy atom. The molecule has 0 heterocycles. The molecule has 2 N–H and O–H groups in total. The van der Waals surface area contributed by atoms with Crippen LogP contribution in [0.4, 0.5) is 5.69 Å². The van der Waals surface area contributed by atoms with E-state index in [1.807, 2.05) is 37.3 Å². The van der Waals surface area contributed by atoms with Crippen LogP contribution in [0.3, 0.4) is 0 Å². The molecule has 5 nitrogen and oxygen atoms in total. The Balaban J connectivity index is 1.53. The second-order valence-corrected chi connectivity index (χ2v) is 7.39. The second kappa shape index (κ2) is 9.95. The van der Waals surface area contributed by atoms with Crippen LogP contribution in [-0.4, -0.2) is 17.3 Å². The minimum absolute atomic E-state index is 0.394. The summed E-state index contributed by atoms with van der Waals surface area (Å²) in [6, 6.07) is 22.0. The first-order valence-electron chi connectivity index (χ1n) is 8.75. The van der Waals surface area contributed by atoms with Crippen molar-refractivity contribution in [2.24, 2.45) is 5.10 Å². The van der Waals surface area contributed by atoms with Gasteiger partial charge in [-0.15, -0.1) is 0 Å². The van der Waals surface area contributed by atoms with Crippen LogP contribution in [0.5, 0.6) is 5.75 Å². The van der Waals surface area contributed by atoms with Gasteiger partial charge in [0.05, 0.1) is 11.8 Å². The van der Waals surface area contributed by atoms with Crippen molar-refractivity contribution in [2.75, 3.05) is 5.32 Å². The molecule has 29 heavy (non-hydrogen) atoms. The number of halogens is 1. The van der Waals surface area contributed by atoms with Crippen LogP contribution in [0, 0.1) is 6.92 Å². The maximum atomic E-state index is 12.2. The van der Waals surface area contributed by atoms with E-state index in [1.54, 1.807) is 48.7 Å². The quantitative estimate of drug-likeness (QED) is 0.175. The zero-order chi connectivity index (χ0) is 20.6. The lowest BCUT2D eigenvalue weighted by Crippen LogP contribution is -2.23. The fourth-order valence-electron chi connectivity index (χ4n) is 2.46. The van der Waals surface area contributed by atoms with Gasteiger partial charge in [0.15, 0.2) is 5.11 Å². The maximum absolute atomic E-state index is 12.2. The van der Waals surface area contributed by atoms with E-state index in [0.717, 1.165) is 16.8 Å². The third kappa shape index (κ3) is 6.23. The Bertz CT molecular complexity index is 1050. The molecule has 3 rings (SSSR count). The van der Waals surface area contributed by atoms with Crippen LogP contribution < -0.4 is 15.5 Å². The van der Waals surface area contributed by atoms with Crippen molar-refractivity contribution >= 4 is 51.1 Å². The number of carbonyl (C=O) groups excluding carboxylic acids is 1. The smallest absolute Gasteiger partial charge is 0.344 e. The molecule has 0 saturated carbocycles. The molecule has 3 aromatic rings. The summed E-state index contributed by atoms with van der Waals surface area (Å²) in [4.78, 5) is 12.2. The summed E-state index contributed by atoms with van der Waals surface area (Å²) < 4.78 is 6.09. The van der Waals surface area contributed by atoms with E-state index >= 15 is 0 Å². The Morgan fingerprint density at radius 3 is 2.55 bits per heavy atom. The van der Waals surface area contributed by atoms with Crippen LogP contribution >= 0.6 is 28.1 Å². The first kappa shape index (κ1) is 20.7. The highest BCUT2D eigenvalue weighted by Gasteiger charge is 2.11. The number of nitrogens with one attached hydrogen (secondary N) is 2. The zero-order valence-electron chi connectivity index (χ0n) is 15.6. The molecule has 0 spiro atoms. The predicted molar refractivity (Wildman–Crippen MR) is 124 cm³/mol. The van der Waals surface area contributed by atoms with Crippen LogP contribution in [0.2, 0.25) is 0 Å². The lowest BCUT2D eigenvalue weighted by Gasteiger charge is -2.07. The predicted octanol–water partition coefficient (Wildman–Crippen LogP) is 5.30. The van der Waals surface area contributed by atoms with E-state index in [-0.39, 0.29) is 0 Å². The molecule has 0 saturated heterocycles. The molecule has 0 radical (unpaired) electrons. The molecule has 3 aromatic carbocycles. The molecule has 0 aliphatic heterocycles. The van der Waals surface area contributed by atoms with Gasteiger partial charge in [-0.05, 0) is 94.7 Å². The standard InChI is InChI=1S/C22H18BrN3O2S/c1-15-5-4-6-17(13-15)25-22(29)26-24-14-16-9-11-18(12-10-16)28-21(27)19-7-2-3-8-20(19)23/h2-14H,1H3,(H2,25,26,29). The molecule has 7 heteroatoms. The number of hydrogen-bond acceptors (Lipinski definition) is 4. The second-order valence-electron chi connectivity index (χ2n) is 6.13. The number of hydrogen-bond donors (Lipinski definition) is 2. The van der Waals surface area contributed by atoms with Gasteiger partial charge in [0.25, 0.3) is 0 Å². The summed E-state index contributed by atoms with van der Waals surface area (Å²) in [7, 11) is 0. The Kier molecular flexibility index (Phi) is 7.10. The molecular formula is C22H18BrN3O2S. The Morgan fingerprint density at radius 2 is 1.83 bits per heavy atom. The van der Waals surface area contributed by atoms with E-state index < -0.39 is 5.97 Å². The summed E-state index contributed by atoms with van der Waals surface area (Å²) in [5, 5.41) is 7.58. The van der Waals surface area contributed by atoms with Crippen molar-refractivity contribution in [2.45, 2.75) is 6.92 Å². The van der Waals surface area contributed by atoms with Gasteiger partial charge >= 0.3 is 5.97 Å². The Hall–Kier alpha value is -3.03. The highest BCUT2D eigenvalue weighted by Crippen LogP contribution is 2.19. The van der Waals surface area contributed by atoms with E-state index in [2.05, 4.69) is 31.8 Å². The van der Waals surface area contributed by atoms with Crippen molar-refractivity contribution in [1.29, 1.82) is 0 Å². The number of rotatable bonds is 5. The fraction of sp³-hybridized carbons (Fsp3) is 0.0455. The minimum Gasteiger partial charge on any atom is -0.423 e. The third-order valence-corrected chi connectivity index (χ3v) is 4.72. The maximum Gasteiger partial charge on any atom is 0.344 e. The van der Waals surface area contributed by atoms with Gasteiger partial charge < -0.3 is 10.1 Å². The van der Waals surface area contributed by atoms with Gasteiger partial charge in [0.1, 0.15) is 5.75 Å². The largest absolute Gasteiger partial charge is 0.423 e. The molecule has 146 valence electrons. The molecule has 0 fully saturated rings. The number of ether oxygens (including phenoxy) is 1.